The lowest BCUT2D eigenvalue weighted by molar-refractivity contribution is -0.114. The van der Waals surface area contributed by atoms with Gasteiger partial charge >= 0.3 is 0 Å². The van der Waals surface area contributed by atoms with Gasteiger partial charge in [0.05, 0.1) is 18.2 Å². The monoisotopic (exact) mass is 266 g/mol. The Labute approximate surface area is 117 Å². The number of anilines is 2. The van der Waals surface area contributed by atoms with Crippen molar-refractivity contribution in [2.75, 3.05) is 17.2 Å². The molecule has 0 bridgehead atoms. The number of nitriles is 1. The van der Waals surface area contributed by atoms with Crippen molar-refractivity contribution < 1.29 is 4.79 Å². The molecule has 0 aliphatic carbocycles. The van der Waals surface area contributed by atoms with Crippen LogP contribution < -0.4 is 10.6 Å². The van der Waals surface area contributed by atoms with Crippen LogP contribution in [0.2, 0.25) is 0 Å². The Morgan fingerprint density at radius 1 is 1.25 bits per heavy atom. The summed E-state index contributed by atoms with van der Waals surface area (Å²) in [5.74, 6) is 0.365. The number of hydrogen-bond acceptors (Lipinski definition) is 4. The number of nitrogens with one attached hydrogen (secondary N) is 2. The largest absolute Gasteiger partial charge is 0.376 e. The number of rotatable bonds is 4. The lowest BCUT2D eigenvalue weighted by Crippen LogP contribution is -2.22. The number of hydrogen-bond donors (Lipinski definition) is 2. The van der Waals surface area contributed by atoms with Crippen molar-refractivity contribution >= 4 is 17.4 Å². The molecule has 0 aliphatic heterocycles. The normalized spacial score (nSPS) is 9.60. The van der Waals surface area contributed by atoms with Gasteiger partial charge in [-0.05, 0) is 43.3 Å². The smallest absolute Gasteiger partial charge is 0.244 e. The summed E-state index contributed by atoms with van der Waals surface area (Å²) in [5.41, 5.74) is 2.23. The van der Waals surface area contributed by atoms with E-state index in [1.807, 2.05) is 25.1 Å². The summed E-state index contributed by atoms with van der Waals surface area (Å²) < 4.78 is 0. The van der Waals surface area contributed by atoms with Crippen LogP contribution in [0.1, 0.15) is 11.3 Å². The predicted molar refractivity (Wildman–Crippen MR) is 77.3 cm³/mol. The molecule has 2 aromatic rings. The molecule has 100 valence electrons. The van der Waals surface area contributed by atoms with Crippen LogP contribution in [0.25, 0.3) is 0 Å². The van der Waals surface area contributed by atoms with E-state index in [0.717, 1.165) is 11.4 Å². The topological polar surface area (TPSA) is 77.8 Å². The van der Waals surface area contributed by atoms with E-state index in [2.05, 4.69) is 15.6 Å². The fraction of sp³-hybridized carbons (Fsp3) is 0.133. The molecule has 20 heavy (non-hydrogen) atoms. The minimum absolute atomic E-state index is 0.140. The molecular weight excluding hydrogens is 252 g/mol. The summed E-state index contributed by atoms with van der Waals surface area (Å²) in [4.78, 5) is 15.9. The van der Waals surface area contributed by atoms with Gasteiger partial charge < -0.3 is 10.6 Å². The van der Waals surface area contributed by atoms with Gasteiger partial charge in [-0.25, -0.2) is 4.98 Å². The Hall–Kier alpha value is -2.87. The van der Waals surface area contributed by atoms with E-state index in [4.69, 9.17) is 5.26 Å². The van der Waals surface area contributed by atoms with Gasteiger partial charge in [-0.1, -0.05) is 6.07 Å². The van der Waals surface area contributed by atoms with Crippen LogP contribution in [0.15, 0.2) is 42.5 Å². The van der Waals surface area contributed by atoms with Crippen molar-refractivity contribution in [3.63, 3.8) is 0 Å². The standard InChI is InChI=1S/C15H14N4O/c1-11-3-2-4-14(18-11)19-15(20)10-17-13-7-5-12(9-16)6-8-13/h2-8,17H,10H2,1H3,(H,18,19,20). The van der Waals surface area contributed by atoms with Crippen LogP contribution in [0.3, 0.4) is 0 Å². The van der Waals surface area contributed by atoms with Crippen LogP contribution >= 0.6 is 0 Å². The van der Waals surface area contributed by atoms with Crippen molar-refractivity contribution in [1.82, 2.24) is 4.98 Å². The number of nitrogens with zero attached hydrogens (tertiary/aromatic N) is 2. The molecule has 0 unspecified atom stereocenters. The summed E-state index contributed by atoms with van der Waals surface area (Å²) in [6.07, 6.45) is 0. The average molecular weight is 266 g/mol. The molecule has 0 radical (unpaired) electrons. The summed E-state index contributed by atoms with van der Waals surface area (Å²) in [7, 11) is 0. The van der Waals surface area contributed by atoms with Crippen molar-refractivity contribution in [3.05, 3.63) is 53.7 Å². The van der Waals surface area contributed by atoms with E-state index < -0.39 is 0 Å². The van der Waals surface area contributed by atoms with E-state index >= 15 is 0 Å². The van der Waals surface area contributed by atoms with Gasteiger partial charge in [0.1, 0.15) is 5.82 Å². The number of carbonyl (C=O) groups is 1. The third kappa shape index (κ3) is 3.82. The van der Waals surface area contributed by atoms with Gasteiger partial charge in [-0.15, -0.1) is 0 Å². The third-order valence-electron chi connectivity index (χ3n) is 2.62. The fourth-order valence-electron chi connectivity index (χ4n) is 1.64. The van der Waals surface area contributed by atoms with Gasteiger partial charge in [-0.2, -0.15) is 5.26 Å². The molecule has 0 saturated carbocycles. The SMILES string of the molecule is Cc1cccc(NC(=O)CNc2ccc(C#N)cc2)n1. The summed E-state index contributed by atoms with van der Waals surface area (Å²) in [6.45, 7) is 2.01. The zero-order chi connectivity index (χ0) is 14.4. The Balaban J connectivity index is 1.87. The second-order valence-corrected chi connectivity index (χ2v) is 4.26. The maximum absolute atomic E-state index is 11.8. The first-order chi connectivity index (χ1) is 9.67. The first-order valence-electron chi connectivity index (χ1n) is 6.15. The Morgan fingerprint density at radius 3 is 2.65 bits per heavy atom. The number of amides is 1. The van der Waals surface area contributed by atoms with Gasteiger partial charge in [-0.3, -0.25) is 4.79 Å². The Kier molecular flexibility index (Phi) is 4.30. The lowest BCUT2D eigenvalue weighted by atomic mass is 10.2. The zero-order valence-corrected chi connectivity index (χ0v) is 11.1. The van der Waals surface area contributed by atoms with E-state index in [0.29, 0.717) is 11.4 Å². The summed E-state index contributed by atoms with van der Waals surface area (Å²) in [5, 5.41) is 14.4. The molecule has 1 amide bonds. The first kappa shape index (κ1) is 13.6. The molecule has 0 fully saturated rings. The van der Waals surface area contributed by atoms with Crippen LogP contribution in [-0.2, 0) is 4.79 Å². The second kappa shape index (κ2) is 6.34. The van der Waals surface area contributed by atoms with Crippen molar-refractivity contribution in [3.8, 4) is 6.07 Å². The van der Waals surface area contributed by atoms with Gasteiger partial charge in [0, 0.05) is 11.4 Å². The average Bonchev–Trinajstić information content (AvgIpc) is 2.46. The molecule has 2 N–H and O–H groups in total. The minimum atomic E-state index is -0.174. The van der Waals surface area contributed by atoms with Crippen molar-refractivity contribution in [1.29, 1.82) is 5.26 Å². The second-order valence-electron chi connectivity index (χ2n) is 4.26. The quantitative estimate of drug-likeness (QED) is 0.890. The molecule has 0 aliphatic rings. The number of pyridine rings is 1. The highest BCUT2D eigenvalue weighted by atomic mass is 16.1. The highest BCUT2D eigenvalue weighted by Crippen LogP contribution is 2.08. The lowest BCUT2D eigenvalue weighted by Gasteiger charge is -2.07. The van der Waals surface area contributed by atoms with Crippen molar-refractivity contribution in [2.24, 2.45) is 0 Å². The first-order valence-corrected chi connectivity index (χ1v) is 6.15. The highest BCUT2D eigenvalue weighted by Gasteiger charge is 2.03. The molecule has 1 aromatic carbocycles. The number of benzene rings is 1. The zero-order valence-electron chi connectivity index (χ0n) is 11.1. The van der Waals surface area contributed by atoms with Crippen LogP contribution in [0.4, 0.5) is 11.5 Å². The molecule has 1 heterocycles. The molecule has 0 saturated heterocycles. The maximum Gasteiger partial charge on any atom is 0.244 e. The molecule has 1 aromatic heterocycles. The number of carbonyl (C=O) groups excluding carboxylic acids is 1. The van der Waals surface area contributed by atoms with E-state index in [1.54, 1.807) is 30.3 Å². The van der Waals surface area contributed by atoms with E-state index in [9.17, 15) is 4.79 Å². The van der Waals surface area contributed by atoms with Gasteiger partial charge in [0.25, 0.3) is 0 Å². The van der Waals surface area contributed by atoms with Crippen LogP contribution in [-0.4, -0.2) is 17.4 Å². The molecule has 5 heteroatoms. The minimum Gasteiger partial charge on any atom is -0.376 e. The van der Waals surface area contributed by atoms with Crippen molar-refractivity contribution in [2.45, 2.75) is 6.92 Å². The predicted octanol–water partition coefficient (Wildman–Crippen LogP) is 2.31. The molecule has 2 rings (SSSR count). The molecule has 0 spiro atoms. The Bertz CT molecular complexity index is 644. The van der Waals surface area contributed by atoms with Crippen LogP contribution in [0.5, 0.6) is 0 Å². The third-order valence-corrected chi connectivity index (χ3v) is 2.62. The number of aryl methyl sites for hydroxylation is 1. The highest BCUT2D eigenvalue weighted by molar-refractivity contribution is 5.92. The van der Waals surface area contributed by atoms with Gasteiger partial charge in [0.2, 0.25) is 5.91 Å². The van der Waals surface area contributed by atoms with Gasteiger partial charge in [0.15, 0.2) is 0 Å². The molecular formula is C15H14N4O. The maximum atomic E-state index is 11.8. The van der Waals surface area contributed by atoms with E-state index in [1.165, 1.54) is 0 Å². The summed E-state index contributed by atoms with van der Waals surface area (Å²) >= 11 is 0. The fourth-order valence-corrected chi connectivity index (χ4v) is 1.64. The molecule has 5 nitrogen and oxygen atoms in total. The summed E-state index contributed by atoms with van der Waals surface area (Å²) in [6, 6.07) is 14.4. The van der Waals surface area contributed by atoms with E-state index in [-0.39, 0.29) is 12.5 Å². The van der Waals surface area contributed by atoms with Crippen LogP contribution in [0, 0.1) is 18.3 Å². The Morgan fingerprint density at radius 2 is 2.00 bits per heavy atom. The number of aromatic nitrogens is 1. The molecule has 0 atom stereocenters.